The fourth-order valence-corrected chi connectivity index (χ4v) is 3.31. The van der Waals surface area contributed by atoms with Crippen molar-refractivity contribution in [2.45, 2.75) is 13.1 Å². The van der Waals surface area contributed by atoms with Gasteiger partial charge in [0, 0.05) is 19.2 Å². The molecular formula is C17H14Br2N4O3. The summed E-state index contributed by atoms with van der Waals surface area (Å²) in [5.41, 5.74) is -0.171. The minimum Gasteiger partial charge on any atom is -0.309 e. The van der Waals surface area contributed by atoms with Crippen molar-refractivity contribution >= 4 is 48.8 Å². The minimum absolute atomic E-state index is 0.255. The molecule has 2 aromatic heterocycles. The zero-order valence-electron chi connectivity index (χ0n) is 13.7. The zero-order chi connectivity index (χ0) is 18.8. The van der Waals surface area contributed by atoms with Crippen LogP contribution in [0.2, 0.25) is 0 Å². The number of fused-ring (bicyclic) bond motifs is 1. The maximum Gasteiger partial charge on any atom is 0.332 e. The van der Waals surface area contributed by atoms with Gasteiger partial charge in [0.25, 0.3) is 5.56 Å². The number of nitrogens with zero attached hydrogens (tertiary/aromatic N) is 4. The molecule has 0 saturated carbocycles. The van der Waals surface area contributed by atoms with Crippen LogP contribution in [-0.4, -0.2) is 24.5 Å². The first-order valence-electron chi connectivity index (χ1n) is 7.64. The van der Waals surface area contributed by atoms with E-state index in [-0.39, 0.29) is 23.5 Å². The number of hydrogen-bond donors (Lipinski definition) is 0. The highest BCUT2D eigenvalue weighted by molar-refractivity contribution is 9.11. The van der Waals surface area contributed by atoms with E-state index < -0.39 is 11.2 Å². The molecule has 2 heterocycles. The SMILES string of the molecule is Cn1c(=O)n(CC(=O)c2ccccc2)c(=O)c2c1nc(Br)n2C/C=C/Br. The van der Waals surface area contributed by atoms with E-state index in [0.717, 1.165) is 4.57 Å². The van der Waals surface area contributed by atoms with Gasteiger partial charge in [-0.25, -0.2) is 9.78 Å². The summed E-state index contributed by atoms with van der Waals surface area (Å²) in [6.45, 7) is 0.0466. The number of aryl methyl sites for hydroxylation is 1. The van der Waals surface area contributed by atoms with Crippen molar-refractivity contribution in [1.82, 2.24) is 18.7 Å². The van der Waals surface area contributed by atoms with Gasteiger partial charge in [-0.15, -0.1) is 0 Å². The summed E-state index contributed by atoms with van der Waals surface area (Å²) in [5, 5.41) is 0. The Morgan fingerprint density at radius 1 is 1.19 bits per heavy atom. The van der Waals surface area contributed by atoms with Crippen LogP contribution in [0.5, 0.6) is 0 Å². The number of ketones is 1. The van der Waals surface area contributed by atoms with Gasteiger partial charge in [0.2, 0.25) is 0 Å². The summed E-state index contributed by atoms with van der Waals surface area (Å²) in [4.78, 5) is 43.9. The Balaban J connectivity index is 2.18. The van der Waals surface area contributed by atoms with Crippen molar-refractivity contribution in [3.8, 4) is 0 Å². The van der Waals surface area contributed by atoms with Gasteiger partial charge in [0.15, 0.2) is 21.7 Å². The average Bonchev–Trinajstić information content (AvgIpc) is 2.98. The van der Waals surface area contributed by atoms with Crippen molar-refractivity contribution in [3.05, 3.63) is 72.5 Å². The number of hydrogen-bond acceptors (Lipinski definition) is 4. The van der Waals surface area contributed by atoms with Crippen LogP contribution in [0.1, 0.15) is 10.4 Å². The number of halogens is 2. The molecule has 0 radical (unpaired) electrons. The van der Waals surface area contributed by atoms with E-state index >= 15 is 0 Å². The van der Waals surface area contributed by atoms with E-state index in [0.29, 0.717) is 16.8 Å². The zero-order valence-corrected chi connectivity index (χ0v) is 16.9. The van der Waals surface area contributed by atoms with E-state index in [1.807, 2.05) is 0 Å². The summed E-state index contributed by atoms with van der Waals surface area (Å²) >= 11 is 6.51. The molecule has 0 N–H and O–H groups in total. The molecule has 0 saturated heterocycles. The van der Waals surface area contributed by atoms with Crippen LogP contribution in [0, 0.1) is 0 Å². The smallest absolute Gasteiger partial charge is 0.309 e. The highest BCUT2D eigenvalue weighted by Crippen LogP contribution is 2.16. The summed E-state index contributed by atoms with van der Waals surface area (Å²) < 4.78 is 4.28. The first-order chi connectivity index (χ1) is 12.5. The van der Waals surface area contributed by atoms with Crippen LogP contribution < -0.4 is 11.2 Å². The van der Waals surface area contributed by atoms with Crippen LogP contribution in [0.3, 0.4) is 0 Å². The van der Waals surface area contributed by atoms with Crippen molar-refractivity contribution in [2.75, 3.05) is 0 Å². The molecule has 0 spiro atoms. The molecule has 26 heavy (non-hydrogen) atoms. The molecule has 9 heteroatoms. The Morgan fingerprint density at radius 2 is 1.88 bits per heavy atom. The summed E-state index contributed by atoms with van der Waals surface area (Å²) in [6.07, 6.45) is 1.79. The second kappa shape index (κ2) is 7.55. The highest BCUT2D eigenvalue weighted by atomic mass is 79.9. The molecule has 1 aromatic carbocycles. The van der Waals surface area contributed by atoms with Crippen LogP contribution in [-0.2, 0) is 20.1 Å². The van der Waals surface area contributed by atoms with Gasteiger partial charge >= 0.3 is 5.69 Å². The summed E-state index contributed by atoms with van der Waals surface area (Å²) in [5.74, 6) is -0.311. The monoisotopic (exact) mass is 480 g/mol. The second-order valence-corrected chi connectivity index (χ2v) is 6.79. The largest absolute Gasteiger partial charge is 0.332 e. The highest BCUT2D eigenvalue weighted by Gasteiger charge is 2.20. The quantitative estimate of drug-likeness (QED) is 0.414. The maximum absolute atomic E-state index is 12.9. The van der Waals surface area contributed by atoms with Gasteiger partial charge < -0.3 is 4.57 Å². The fraction of sp³-hybridized carbons (Fsp3) is 0.176. The average molecular weight is 482 g/mol. The molecule has 0 fully saturated rings. The standard InChI is InChI=1S/C17H14Br2N4O3/c1-21-14-13(22(9-5-8-18)16(19)20-14)15(25)23(17(21)26)10-12(24)11-6-3-2-4-7-11/h2-8H,9-10H2,1H3/b8-5+. The number of allylic oxidation sites excluding steroid dienone is 1. The van der Waals surface area contributed by atoms with Gasteiger partial charge in [-0.3, -0.25) is 18.7 Å². The van der Waals surface area contributed by atoms with E-state index in [2.05, 4.69) is 36.8 Å². The van der Waals surface area contributed by atoms with Gasteiger partial charge in [0.05, 0.1) is 6.54 Å². The molecule has 3 aromatic rings. The Kier molecular flexibility index (Phi) is 5.38. The Morgan fingerprint density at radius 3 is 2.54 bits per heavy atom. The Labute approximate surface area is 164 Å². The topological polar surface area (TPSA) is 78.9 Å². The molecule has 0 aliphatic heterocycles. The Hall–Kier alpha value is -2.26. The molecule has 0 amide bonds. The van der Waals surface area contributed by atoms with Gasteiger partial charge in [-0.1, -0.05) is 52.3 Å². The predicted octanol–water partition coefficient (Wildman–Crippen LogP) is 2.45. The second-order valence-electron chi connectivity index (χ2n) is 5.55. The van der Waals surface area contributed by atoms with Gasteiger partial charge in [-0.05, 0) is 20.9 Å². The van der Waals surface area contributed by atoms with Crippen LogP contribution in [0.25, 0.3) is 11.2 Å². The number of Topliss-reactive ketones (excluding diaryl/α,β-unsaturated/α-hetero) is 1. The lowest BCUT2D eigenvalue weighted by Crippen LogP contribution is -2.41. The van der Waals surface area contributed by atoms with Gasteiger partial charge in [-0.2, -0.15) is 0 Å². The number of benzene rings is 1. The number of imidazole rings is 1. The van der Waals surface area contributed by atoms with Crippen LogP contribution in [0.4, 0.5) is 0 Å². The fourth-order valence-electron chi connectivity index (χ4n) is 2.66. The first kappa shape index (κ1) is 18.5. The third-order valence-electron chi connectivity index (χ3n) is 3.96. The summed E-state index contributed by atoms with van der Waals surface area (Å²) in [6, 6.07) is 8.56. The lowest BCUT2D eigenvalue weighted by molar-refractivity contribution is 0.0969. The molecule has 0 unspecified atom stereocenters. The minimum atomic E-state index is -0.583. The van der Waals surface area contributed by atoms with Crippen molar-refractivity contribution in [3.63, 3.8) is 0 Å². The Bertz CT molecular complexity index is 1130. The van der Waals surface area contributed by atoms with Crippen molar-refractivity contribution in [1.29, 1.82) is 0 Å². The molecule has 0 aliphatic carbocycles. The van der Waals surface area contributed by atoms with E-state index in [4.69, 9.17) is 0 Å². The van der Waals surface area contributed by atoms with E-state index in [9.17, 15) is 14.4 Å². The van der Waals surface area contributed by atoms with Crippen LogP contribution >= 0.6 is 31.9 Å². The van der Waals surface area contributed by atoms with Crippen molar-refractivity contribution in [2.24, 2.45) is 7.05 Å². The first-order valence-corrected chi connectivity index (χ1v) is 9.35. The molecule has 0 bridgehead atoms. The van der Waals surface area contributed by atoms with Crippen molar-refractivity contribution < 1.29 is 4.79 Å². The molecule has 134 valence electrons. The molecule has 3 rings (SSSR count). The van der Waals surface area contributed by atoms with Gasteiger partial charge in [0.1, 0.15) is 0 Å². The summed E-state index contributed by atoms with van der Waals surface area (Å²) in [7, 11) is 1.53. The van der Waals surface area contributed by atoms with Crippen LogP contribution in [0.15, 0.2) is 55.7 Å². The van der Waals surface area contributed by atoms with E-state index in [1.165, 1.54) is 11.6 Å². The normalized spacial score (nSPS) is 11.5. The number of aromatic nitrogens is 4. The molecule has 7 nitrogen and oxygen atoms in total. The maximum atomic E-state index is 12.9. The lowest BCUT2D eigenvalue weighted by atomic mass is 10.1. The number of rotatable bonds is 5. The molecule has 0 atom stereocenters. The molecule has 0 aliphatic rings. The molecular weight excluding hydrogens is 468 g/mol. The van der Waals surface area contributed by atoms with E-state index in [1.54, 1.807) is 46.0 Å². The lowest BCUT2D eigenvalue weighted by Gasteiger charge is -2.09. The predicted molar refractivity (Wildman–Crippen MR) is 106 cm³/mol. The third-order valence-corrected chi connectivity index (χ3v) is 4.94. The third kappa shape index (κ3) is 3.24. The number of carbonyl (C=O) groups excluding carboxylic acids is 1. The number of carbonyl (C=O) groups is 1.